The van der Waals surface area contributed by atoms with Gasteiger partial charge in [0.2, 0.25) is 10.0 Å². The normalized spacial score (nSPS) is 22.9. The molecule has 4 rings (SSSR count). The number of fused-ring (bicyclic) bond motifs is 1. The molecular formula is C18H22BrN3O3S. The van der Waals surface area contributed by atoms with Crippen LogP contribution in [0.15, 0.2) is 40.0 Å². The van der Waals surface area contributed by atoms with Crippen LogP contribution in [0.25, 0.3) is 10.8 Å². The van der Waals surface area contributed by atoms with Gasteiger partial charge in [-0.15, -0.1) is 0 Å². The molecule has 0 spiro atoms. The van der Waals surface area contributed by atoms with Gasteiger partial charge in [-0.3, -0.25) is 4.98 Å². The first-order valence-corrected chi connectivity index (χ1v) is 11.1. The Balaban J connectivity index is 1.56. The highest BCUT2D eigenvalue weighted by molar-refractivity contribution is 9.10. The van der Waals surface area contributed by atoms with E-state index in [4.69, 9.17) is 4.74 Å². The van der Waals surface area contributed by atoms with Crippen LogP contribution in [-0.4, -0.2) is 56.1 Å². The van der Waals surface area contributed by atoms with Gasteiger partial charge in [-0.05, 0) is 41.3 Å². The first-order chi connectivity index (χ1) is 12.6. The number of nitrogens with one attached hydrogen (secondary N) is 1. The van der Waals surface area contributed by atoms with Gasteiger partial charge in [-0.1, -0.05) is 12.1 Å². The van der Waals surface area contributed by atoms with E-state index >= 15 is 0 Å². The standard InChI is InChI=1S/C18H22BrN3O3S/c19-16-11-20-10-13-2-1-3-17(18(13)16)26(23,24)22-7-4-15(12-22)21-14-5-8-25-9-6-14/h1-3,10-11,14-15,21H,4-9,12H2/t15-/m0/s1. The summed E-state index contributed by atoms with van der Waals surface area (Å²) in [5.41, 5.74) is 0. The van der Waals surface area contributed by atoms with E-state index in [1.165, 1.54) is 0 Å². The Kier molecular flexibility index (Phi) is 5.29. The van der Waals surface area contributed by atoms with Crippen molar-refractivity contribution in [3.8, 4) is 0 Å². The Hall–Kier alpha value is -1.06. The minimum absolute atomic E-state index is 0.202. The monoisotopic (exact) mass is 439 g/mol. The smallest absolute Gasteiger partial charge is 0.243 e. The van der Waals surface area contributed by atoms with Crippen LogP contribution in [0.1, 0.15) is 19.3 Å². The van der Waals surface area contributed by atoms with Crippen molar-refractivity contribution in [1.29, 1.82) is 0 Å². The molecule has 0 amide bonds. The van der Waals surface area contributed by atoms with Crippen molar-refractivity contribution in [1.82, 2.24) is 14.6 Å². The van der Waals surface area contributed by atoms with Crippen LogP contribution < -0.4 is 5.32 Å². The number of nitrogens with zero attached hydrogens (tertiary/aromatic N) is 2. The predicted molar refractivity (Wildman–Crippen MR) is 104 cm³/mol. The summed E-state index contributed by atoms with van der Waals surface area (Å²) in [5, 5.41) is 5.13. The molecule has 2 aromatic rings. The van der Waals surface area contributed by atoms with E-state index < -0.39 is 10.0 Å². The third-order valence-electron chi connectivity index (χ3n) is 5.16. The highest BCUT2D eigenvalue weighted by atomic mass is 79.9. The van der Waals surface area contributed by atoms with Gasteiger partial charge < -0.3 is 10.1 Å². The predicted octanol–water partition coefficient (Wildman–Crippen LogP) is 2.53. The maximum atomic E-state index is 13.3. The molecule has 0 bridgehead atoms. The van der Waals surface area contributed by atoms with Gasteiger partial charge in [0.05, 0.1) is 4.90 Å². The molecule has 6 nitrogen and oxygen atoms in total. The summed E-state index contributed by atoms with van der Waals surface area (Å²) in [6, 6.07) is 5.96. The quantitative estimate of drug-likeness (QED) is 0.792. The van der Waals surface area contributed by atoms with Gasteiger partial charge in [-0.2, -0.15) is 4.31 Å². The molecule has 2 fully saturated rings. The third-order valence-corrected chi connectivity index (χ3v) is 7.67. The van der Waals surface area contributed by atoms with Crippen LogP contribution in [0.4, 0.5) is 0 Å². The molecule has 26 heavy (non-hydrogen) atoms. The van der Waals surface area contributed by atoms with Gasteiger partial charge in [0.15, 0.2) is 0 Å². The lowest BCUT2D eigenvalue weighted by Crippen LogP contribution is -2.43. The molecule has 0 saturated carbocycles. The first-order valence-electron chi connectivity index (χ1n) is 8.92. The van der Waals surface area contributed by atoms with E-state index in [2.05, 4.69) is 26.2 Å². The highest BCUT2D eigenvalue weighted by Gasteiger charge is 2.34. The van der Waals surface area contributed by atoms with Crippen LogP contribution in [0, 0.1) is 0 Å². The average Bonchev–Trinajstić information content (AvgIpc) is 3.12. The van der Waals surface area contributed by atoms with Crippen molar-refractivity contribution in [3.05, 3.63) is 35.1 Å². The average molecular weight is 440 g/mol. The summed E-state index contributed by atoms with van der Waals surface area (Å²) in [6.45, 7) is 2.62. The molecular weight excluding hydrogens is 418 g/mol. The third kappa shape index (κ3) is 3.53. The molecule has 1 aromatic heterocycles. The second-order valence-electron chi connectivity index (χ2n) is 6.88. The van der Waals surface area contributed by atoms with E-state index in [0.717, 1.165) is 37.9 Å². The molecule has 0 radical (unpaired) electrons. The Morgan fingerprint density at radius 1 is 1.15 bits per heavy atom. The van der Waals surface area contributed by atoms with Crippen LogP contribution in [-0.2, 0) is 14.8 Å². The fourth-order valence-electron chi connectivity index (χ4n) is 3.79. The number of sulfonamides is 1. The van der Waals surface area contributed by atoms with E-state index in [9.17, 15) is 8.42 Å². The van der Waals surface area contributed by atoms with Crippen molar-refractivity contribution in [3.63, 3.8) is 0 Å². The lowest BCUT2D eigenvalue weighted by atomic mass is 10.1. The Morgan fingerprint density at radius 3 is 2.77 bits per heavy atom. The van der Waals surface area contributed by atoms with Crippen molar-refractivity contribution < 1.29 is 13.2 Å². The second-order valence-corrected chi connectivity index (χ2v) is 9.64. The number of halogens is 1. The Bertz CT molecular complexity index is 894. The lowest BCUT2D eigenvalue weighted by molar-refractivity contribution is 0.0753. The van der Waals surface area contributed by atoms with Crippen molar-refractivity contribution in [2.45, 2.75) is 36.2 Å². The summed E-state index contributed by atoms with van der Waals surface area (Å²) < 4.78 is 34.2. The van der Waals surface area contributed by atoms with Crippen LogP contribution in [0.5, 0.6) is 0 Å². The Labute approximate surface area is 162 Å². The summed E-state index contributed by atoms with van der Waals surface area (Å²) in [7, 11) is -3.55. The lowest BCUT2D eigenvalue weighted by Gasteiger charge is -2.26. The zero-order valence-electron chi connectivity index (χ0n) is 14.4. The molecule has 2 aliphatic rings. The number of rotatable bonds is 4. The number of pyridine rings is 1. The number of ether oxygens (including phenoxy) is 1. The van der Waals surface area contributed by atoms with E-state index in [-0.39, 0.29) is 6.04 Å². The fraction of sp³-hybridized carbons (Fsp3) is 0.500. The maximum absolute atomic E-state index is 13.3. The Morgan fingerprint density at radius 2 is 1.96 bits per heavy atom. The van der Waals surface area contributed by atoms with Gasteiger partial charge in [-0.25, -0.2) is 8.42 Å². The zero-order valence-corrected chi connectivity index (χ0v) is 16.8. The molecule has 1 atom stereocenters. The fourth-order valence-corrected chi connectivity index (χ4v) is 6.22. The van der Waals surface area contributed by atoms with Gasteiger partial charge >= 0.3 is 0 Å². The van der Waals surface area contributed by atoms with Crippen molar-refractivity contribution in [2.24, 2.45) is 0 Å². The molecule has 2 saturated heterocycles. The molecule has 0 unspecified atom stereocenters. The molecule has 140 valence electrons. The molecule has 8 heteroatoms. The van der Waals surface area contributed by atoms with Gasteiger partial charge in [0.1, 0.15) is 0 Å². The van der Waals surface area contributed by atoms with Gasteiger partial charge in [0, 0.05) is 66.0 Å². The number of aromatic nitrogens is 1. The molecule has 1 aromatic carbocycles. The SMILES string of the molecule is O=S(=O)(c1cccc2cncc(Br)c12)N1CC[C@H](NC2CCOCC2)C1. The van der Waals surface area contributed by atoms with E-state index in [1.54, 1.807) is 28.8 Å². The maximum Gasteiger partial charge on any atom is 0.243 e. The summed E-state index contributed by atoms with van der Waals surface area (Å²) in [4.78, 5) is 4.48. The van der Waals surface area contributed by atoms with Crippen molar-refractivity contribution >= 4 is 36.7 Å². The largest absolute Gasteiger partial charge is 0.381 e. The van der Waals surface area contributed by atoms with Crippen LogP contribution in [0.3, 0.4) is 0 Å². The van der Waals surface area contributed by atoms with Crippen molar-refractivity contribution in [2.75, 3.05) is 26.3 Å². The molecule has 1 N–H and O–H groups in total. The molecule has 2 aliphatic heterocycles. The number of hydrogen-bond acceptors (Lipinski definition) is 5. The van der Waals surface area contributed by atoms with Gasteiger partial charge in [0.25, 0.3) is 0 Å². The number of hydrogen-bond donors (Lipinski definition) is 1. The summed E-state index contributed by atoms with van der Waals surface area (Å²) in [5.74, 6) is 0. The zero-order chi connectivity index (χ0) is 18.1. The highest BCUT2D eigenvalue weighted by Crippen LogP contribution is 2.32. The van der Waals surface area contributed by atoms with Crippen LogP contribution in [0.2, 0.25) is 0 Å². The van der Waals surface area contributed by atoms with E-state index in [1.807, 2.05) is 6.07 Å². The first kappa shape index (κ1) is 18.3. The summed E-state index contributed by atoms with van der Waals surface area (Å²) >= 11 is 3.46. The minimum Gasteiger partial charge on any atom is -0.381 e. The van der Waals surface area contributed by atoms with Crippen LogP contribution >= 0.6 is 15.9 Å². The number of benzene rings is 1. The molecule has 3 heterocycles. The summed E-state index contributed by atoms with van der Waals surface area (Å²) in [6.07, 6.45) is 6.16. The van der Waals surface area contributed by atoms with E-state index in [0.29, 0.717) is 33.9 Å². The molecule has 0 aliphatic carbocycles. The topological polar surface area (TPSA) is 71.5 Å². The second kappa shape index (κ2) is 7.52. The minimum atomic E-state index is -3.55.